The number of carbonyl (C=O) groups excluding carboxylic acids is 3. The lowest BCUT2D eigenvalue weighted by Gasteiger charge is -2.16. The fraction of sp³-hybridized carbons (Fsp3) is 0.316. The standard InChI is InChI=1S/C19H20Cl2N2O4S/c1-10-7-15(23-18(26)19(2,3)4)28-16(10)17(25)27-9-14(24)22-13-8-11(20)5-6-12(13)21/h5-8H,9H2,1-4H3,(H,22,24)(H,23,26). The minimum atomic E-state index is -0.647. The van der Waals surface area contributed by atoms with Crippen molar-refractivity contribution >= 4 is 63.0 Å². The third-order valence-corrected chi connectivity index (χ3v) is 5.26. The number of thiophene rings is 1. The first-order valence-corrected chi connectivity index (χ1v) is 9.88. The third kappa shape index (κ3) is 5.95. The first kappa shape index (κ1) is 22.2. The Labute approximate surface area is 177 Å². The maximum Gasteiger partial charge on any atom is 0.349 e. The van der Waals surface area contributed by atoms with Crippen molar-refractivity contribution < 1.29 is 19.1 Å². The van der Waals surface area contributed by atoms with Crippen molar-refractivity contribution in [3.05, 3.63) is 44.8 Å². The van der Waals surface area contributed by atoms with Gasteiger partial charge in [-0.1, -0.05) is 44.0 Å². The Hall–Kier alpha value is -2.09. The van der Waals surface area contributed by atoms with Gasteiger partial charge in [-0.25, -0.2) is 4.79 Å². The number of benzene rings is 1. The number of aryl methyl sites for hydroxylation is 1. The van der Waals surface area contributed by atoms with Gasteiger partial charge in [-0.05, 0) is 36.8 Å². The molecular formula is C19H20Cl2N2O4S. The molecule has 0 saturated heterocycles. The van der Waals surface area contributed by atoms with Crippen LogP contribution in [-0.4, -0.2) is 24.4 Å². The largest absolute Gasteiger partial charge is 0.451 e. The molecule has 0 aliphatic heterocycles. The summed E-state index contributed by atoms with van der Waals surface area (Å²) in [7, 11) is 0. The van der Waals surface area contributed by atoms with Crippen LogP contribution in [0.15, 0.2) is 24.3 Å². The average molecular weight is 443 g/mol. The van der Waals surface area contributed by atoms with E-state index in [1.165, 1.54) is 6.07 Å². The number of rotatable bonds is 5. The number of ether oxygens (including phenoxy) is 1. The van der Waals surface area contributed by atoms with Crippen LogP contribution in [0.4, 0.5) is 10.7 Å². The van der Waals surface area contributed by atoms with Gasteiger partial charge in [-0.3, -0.25) is 9.59 Å². The van der Waals surface area contributed by atoms with Crippen LogP contribution in [0, 0.1) is 12.3 Å². The second-order valence-corrected chi connectivity index (χ2v) is 8.97. The van der Waals surface area contributed by atoms with Gasteiger partial charge >= 0.3 is 5.97 Å². The van der Waals surface area contributed by atoms with Crippen molar-refractivity contribution in [3.8, 4) is 0 Å². The molecule has 6 nitrogen and oxygen atoms in total. The van der Waals surface area contributed by atoms with Crippen LogP contribution >= 0.6 is 34.5 Å². The molecule has 0 bridgehead atoms. The Morgan fingerprint density at radius 1 is 1.11 bits per heavy atom. The van der Waals surface area contributed by atoms with Crippen LogP contribution in [0.1, 0.15) is 36.0 Å². The molecule has 150 valence electrons. The van der Waals surface area contributed by atoms with Crippen molar-refractivity contribution in [2.24, 2.45) is 5.41 Å². The predicted molar refractivity (Wildman–Crippen MR) is 113 cm³/mol. The highest BCUT2D eigenvalue weighted by Gasteiger charge is 2.23. The number of halogens is 2. The van der Waals surface area contributed by atoms with Crippen LogP contribution in [0.5, 0.6) is 0 Å². The lowest BCUT2D eigenvalue weighted by molar-refractivity contribution is -0.123. The molecule has 0 spiro atoms. The summed E-state index contributed by atoms with van der Waals surface area (Å²) in [5, 5.41) is 6.58. The van der Waals surface area contributed by atoms with Gasteiger partial charge in [0.1, 0.15) is 4.88 Å². The Bertz CT molecular complexity index is 919. The van der Waals surface area contributed by atoms with Gasteiger partial charge in [0.15, 0.2) is 6.61 Å². The molecule has 0 fully saturated rings. The normalized spacial score (nSPS) is 11.1. The van der Waals surface area contributed by atoms with E-state index < -0.39 is 23.9 Å². The Kier molecular flexibility index (Phi) is 7.09. The van der Waals surface area contributed by atoms with Crippen molar-refractivity contribution in [2.75, 3.05) is 17.2 Å². The molecule has 2 N–H and O–H groups in total. The maximum atomic E-state index is 12.3. The van der Waals surface area contributed by atoms with E-state index in [9.17, 15) is 14.4 Å². The summed E-state index contributed by atoms with van der Waals surface area (Å²) in [4.78, 5) is 36.7. The highest BCUT2D eigenvalue weighted by Crippen LogP contribution is 2.29. The van der Waals surface area contributed by atoms with Gasteiger partial charge in [0, 0.05) is 10.4 Å². The molecule has 0 aliphatic carbocycles. The number of amides is 2. The van der Waals surface area contributed by atoms with Gasteiger partial charge < -0.3 is 15.4 Å². The summed E-state index contributed by atoms with van der Waals surface area (Å²) in [5.41, 5.74) is 0.422. The second kappa shape index (κ2) is 8.94. The number of carbonyl (C=O) groups is 3. The summed E-state index contributed by atoms with van der Waals surface area (Å²) in [5.74, 6) is -1.36. The molecule has 1 aromatic heterocycles. The number of esters is 1. The highest BCUT2D eigenvalue weighted by atomic mass is 35.5. The predicted octanol–water partition coefficient (Wildman–Crippen LogP) is 5.14. The molecule has 2 amide bonds. The molecule has 0 atom stereocenters. The van der Waals surface area contributed by atoms with Gasteiger partial charge in [-0.15, -0.1) is 11.3 Å². The SMILES string of the molecule is Cc1cc(NC(=O)C(C)(C)C)sc1C(=O)OCC(=O)Nc1cc(Cl)ccc1Cl. The molecule has 1 heterocycles. The molecule has 2 rings (SSSR count). The molecule has 0 unspecified atom stereocenters. The monoisotopic (exact) mass is 442 g/mol. The Balaban J connectivity index is 1.97. The molecule has 28 heavy (non-hydrogen) atoms. The Morgan fingerprint density at radius 2 is 1.79 bits per heavy atom. The van der Waals surface area contributed by atoms with Crippen molar-refractivity contribution in [1.29, 1.82) is 0 Å². The molecule has 0 aliphatic rings. The van der Waals surface area contributed by atoms with Crippen LogP contribution in [-0.2, 0) is 14.3 Å². The van der Waals surface area contributed by atoms with E-state index in [4.69, 9.17) is 27.9 Å². The van der Waals surface area contributed by atoms with E-state index in [0.717, 1.165) is 11.3 Å². The molecule has 0 saturated carbocycles. The summed E-state index contributed by atoms with van der Waals surface area (Å²) in [6.07, 6.45) is 0. The fourth-order valence-electron chi connectivity index (χ4n) is 2.02. The topological polar surface area (TPSA) is 84.5 Å². The van der Waals surface area contributed by atoms with Crippen LogP contribution in [0.2, 0.25) is 10.0 Å². The number of anilines is 2. The minimum Gasteiger partial charge on any atom is -0.451 e. The lowest BCUT2D eigenvalue weighted by atomic mass is 9.96. The quantitative estimate of drug-likeness (QED) is 0.627. The average Bonchev–Trinajstić information content (AvgIpc) is 2.95. The zero-order valence-corrected chi connectivity index (χ0v) is 18.1. The first-order chi connectivity index (χ1) is 13.0. The molecule has 0 radical (unpaired) electrons. The fourth-order valence-corrected chi connectivity index (χ4v) is 3.32. The lowest BCUT2D eigenvalue weighted by Crippen LogP contribution is -2.27. The van der Waals surface area contributed by atoms with Crippen LogP contribution < -0.4 is 10.6 Å². The zero-order chi connectivity index (χ0) is 21.1. The summed E-state index contributed by atoms with van der Waals surface area (Å²) >= 11 is 12.9. The number of hydrogen-bond donors (Lipinski definition) is 2. The van der Waals surface area contributed by atoms with Gasteiger partial charge in [0.2, 0.25) is 5.91 Å². The maximum absolute atomic E-state index is 12.3. The van der Waals surface area contributed by atoms with E-state index in [0.29, 0.717) is 31.2 Å². The van der Waals surface area contributed by atoms with E-state index >= 15 is 0 Å². The van der Waals surface area contributed by atoms with Gasteiger partial charge in [-0.2, -0.15) is 0 Å². The van der Waals surface area contributed by atoms with Crippen LogP contribution in [0.3, 0.4) is 0 Å². The van der Waals surface area contributed by atoms with Gasteiger partial charge in [0.05, 0.1) is 15.7 Å². The van der Waals surface area contributed by atoms with Crippen molar-refractivity contribution in [2.45, 2.75) is 27.7 Å². The molecule has 9 heteroatoms. The second-order valence-electron chi connectivity index (χ2n) is 7.08. The minimum absolute atomic E-state index is 0.161. The van der Waals surface area contributed by atoms with Crippen LogP contribution in [0.25, 0.3) is 0 Å². The number of hydrogen-bond acceptors (Lipinski definition) is 5. The smallest absolute Gasteiger partial charge is 0.349 e. The molecule has 2 aromatic rings. The third-order valence-electron chi connectivity index (χ3n) is 3.56. The van der Waals surface area contributed by atoms with E-state index in [1.807, 2.05) is 0 Å². The van der Waals surface area contributed by atoms with Crippen molar-refractivity contribution in [1.82, 2.24) is 0 Å². The highest BCUT2D eigenvalue weighted by molar-refractivity contribution is 7.18. The number of nitrogens with one attached hydrogen (secondary N) is 2. The summed E-state index contributed by atoms with van der Waals surface area (Å²) < 4.78 is 5.07. The van der Waals surface area contributed by atoms with E-state index in [2.05, 4.69) is 10.6 Å². The Morgan fingerprint density at radius 3 is 2.43 bits per heavy atom. The summed E-state index contributed by atoms with van der Waals surface area (Å²) in [6.45, 7) is 6.63. The van der Waals surface area contributed by atoms with E-state index in [-0.39, 0.29) is 5.91 Å². The van der Waals surface area contributed by atoms with E-state index in [1.54, 1.807) is 45.9 Å². The zero-order valence-electron chi connectivity index (χ0n) is 15.8. The van der Waals surface area contributed by atoms with Crippen molar-refractivity contribution in [3.63, 3.8) is 0 Å². The molecule has 1 aromatic carbocycles. The van der Waals surface area contributed by atoms with Gasteiger partial charge in [0.25, 0.3) is 5.91 Å². The first-order valence-electron chi connectivity index (χ1n) is 8.31. The molecular weight excluding hydrogens is 423 g/mol. The summed E-state index contributed by atoms with van der Waals surface area (Å²) in [6, 6.07) is 6.33.